The number of hydrogen-bond donors (Lipinski definition) is 0. The first-order chi connectivity index (χ1) is 6.20. The molecule has 0 saturated carbocycles. The number of nitriles is 1. The first-order valence-corrected chi connectivity index (χ1v) is 4.47. The van der Waals surface area contributed by atoms with Crippen molar-refractivity contribution in [2.45, 2.75) is 6.92 Å². The summed E-state index contributed by atoms with van der Waals surface area (Å²) in [5, 5.41) is 9.80. The van der Waals surface area contributed by atoms with Gasteiger partial charge in [-0.1, -0.05) is 35.3 Å². The Morgan fingerprint density at radius 1 is 1.38 bits per heavy atom. The lowest BCUT2D eigenvalue weighted by molar-refractivity contribution is 1.51. The van der Waals surface area contributed by atoms with Crippen molar-refractivity contribution in [1.29, 1.82) is 5.26 Å². The monoisotopic (exact) mass is 211 g/mol. The fourth-order valence-electron chi connectivity index (χ4n) is 1.02. The third-order valence-electron chi connectivity index (χ3n) is 1.64. The van der Waals surface area contributed by atoms with Crippen LogP contribution in [0.2, 0.25) is 10.0 Å². The van der Waals surface area contributed by atoms with Gasteiger partial charge in [0.15, 0.2) is 0 Å². The zero-order chi connectivity index (χ0) is 9.84. The van der Waals surface area contributed by atoms with Crippen LogP contribution in [-0.2, 0) is 0 Å². The lowest BCUT2D eigenvalue weighted by Crippen LogP contribution is -1.84. The number of allylic oxidation sites excluding steroid dienone is 2. The number of halogens is 2. The van der Waals surface area contributed by atoms with Gasteiger partial charge in [0.05, 0.1) is 21.7 Å². The molecule has 0 radical (unpaired) electrons. The summed E-state index contributed by atoms with van der Waals surface area (Å²) in [6, 6.07) is 7.21. The first-order valence-electron chi connectivity index (χ1n) is 3.71. The summed E-state index contributed by atoms with van der Waals surface area (Å²) in [5.41, 5.74) is 1.10. The third kappa shape index (κ3) is 2.03. The van der Waals surface area contributed by atoms with Crippen LogP contribution in [0.5, 0.6) is 0 Å². The molecule has 0 spiro atoms. The Morgan fingerprint density at radius 2 is 1.92 bits per heavy atom. The van der Waals surface area contributed by atoms with Gasteiger partial charge in [0.1, 0.15) is 0 Å². The van der Waals surface area contributed by atoms with E-state index in [1.165, 1.54) is 0 Å². The van der Waals surface area contributed by atoms with Gasteiger partial charge in [-0.05, 0) is 19.1 Å². The summed E-state index contributed by atoms with van der Waals surface area (Å²) in [7, 11) is 0. The van der Waals surface area contributed by atoms with Gasteiger partial charge in [-0.3, -0.25) is 0 Å². The molecule has 0 fully saturated rings. The van der Waals surface area contributed by atoms with Crippen molar-refractivity contribution in [2.75, 3.05) is 0 Å². The van der Waals surface area contributed by atoms with Crippen LogP contribution in [0, 0.1) is 11.3 Å². The van der Waals surface area contributed by atoms with E-state index in [0.29, 0.717) is 21.2 Å². The van der Waals surface area contributed by atoms with E-state index in [2.05, 4.69) is 0 Å². The molecule has 0 unspecified atom stereocenters. The molecule has 0 atom stereocenters. The van der Waals surface area contributed by atoms with Crippen LogP contribution < -0.4 is 0 Å². The molecular formula is C10H7Cl2N. The van der Waals surface area contributed by atoms with E-state index >= 15 is 0 Å². The molecular weight excluding hydrogens is 205 g/mol. The highest BCUT2D eigenvalue weighted by atomic mass is 35.5. The third-order valence-corrected chi connectivity index (χ3v) is 2.27. The molecule has 0 N–H and O–H groups in total. The van der Waals surface area contributed by atoms with Crippen LogP contribution >= 0.6 is 23.2 Å². The predicted octanol–water partition coefficient (Wildman–Crippen LogP) is 3.92. The Labute approximate surface area is 87.2 Å². The van der Waals surface area contributed by atoms with Crippen molar-refractivity contribution in [1.82, 2.24) is 0 Å². The SMILES string of the molecule is C/C=C(\C#N)c1c(Cl)cccc1Cl. The summed E-state index contributed by atoms with van der Waals surface area (Å²) in [6.45, 7) is 1.78. The quantitative estimate of drug-likeness (QED) is 0.647. The van der Waals surface area contributed by atoms with Gasteiger partial charge >= 0.3 is 0 Å². The fraction of sp³-hybridized carbons (Fsp3) is 0.100. The average molecular weight is 212 g/mol. The molecule has 0 aliphatic heterocycles. The van der Waals surface area contributed by atoms with Crippen molar-refractivity contribution in [3.05, 3.63) is 39.9 Å². The minimum Gasteiger partial charge on any atom is -0.192 e. The molecule has 0 aliphatic rings. The molecule has 13 heavy (non-hydrogen) atoms. The standard InChI is InChI=1S/C10H7Cl2N/c1-2-7(6-13)10-8(11)4-3-5-9(10)12/h2-5H,1H3/b7-2+. The number of benzene rings is 1. The van der Waals surface area contributed by atoms with Crippen molar-refractivity contribution < 1.29 is 0 Å². The van der Waals surface area contributed by atoms with Gasteiger partial charge in [0, 0.05) is 5.56 Å². The lowest BCUT2D eigenvalue weighted by Gasteiger charge is -2.03. The van der Waals surface area contributed by atoms with E-state index in [0.717, 1.165) is 0 Å². The van der Waals surface area contributed by atoms with E-state index in [1.54, 1.807) is 31.2 Å². The Kier molecular flexibility index (Phi) is 3.36. The highest BCUT2D eigenvalue weighted by Crippen LogP contribution is 2.30. The molecule has 1 nitrogen and oxygen atoms in total. The van der Waals surface area contributed by atoms with Gasteiger partial charge < -0.3 is 0 Å². The minimum atomic E-state index is 0.496. The molecule has 1 aromatic carbocycles. The number of rotatable bonds is 1. The van der Waals surface area contributed by atoms with Crippen molar-refractivity contribution in [3.63, 3.8) is 0 Å². The van der Waals surface area contributed by atoms with Gasteiger partial charge in [0.2, 0.25) is 0 Å². The molecule has 66 valence electrons. The smallest absolute Gasteiger partial charge is 0.0995 e. The Balaban J connectivity index is 3.38. The van der Waals surface area contributed by atoms with Gasteiger partial charge in [0.25, 0.3) is 0 Å². The Morgan fingerprint density at radius 3 is 2.31 bits per heavy atom. The maximum atomic E-state index is 8.79. The molecule has 0 saturated heterocycles. The summed E-state index contributed by atoms with van der Waals surface area (Å²) in [5.74, 6) is 0. The van der Waals surface area contributed by atoms with Crippen LogP contribution in [0.15, 0.2) is 24.3 Å². The molecule has 0 amide bonds. The Hall–Kier alpha value is -0.970. The lowest BCUT2D eigenvalue weighted by atomic mass is 10.1. The number of nitrogens with zero attached hydrogens (tertiary/aromatic N) is 1. The summed E-state index contributed by atoms with van der Waals surface area (Å²) < 4.78 is 0. The first kappa shape index (κ1) is 10.1. The van der Waals surface area contributed by atoms with E-state index in [4.69, 9.17) is 28.5 Å². The molecule has 1 aromatic rings. The van der Waals surface area contributed by atoms with E-state index < -0.39 is 0 Å². The van der Waals surface area contributed by atoms with E-state index in [-0.39, 0.29) is 0 Å². The molecule has 0 aromatic heterocycles. The second kappa shape index (κ2) is 4.32. The largest absolute Gasteiger partial charge is 0.192 e. The van der Waals surface area contributed by atoms with Crippen LogP contribution in [0.3, 0.4) is 0 Å². The van der Waals surface area contributed by atoms with Crippen LogP contribution in [0.4, 0.5) is 0 Å². The summed E-state index contributed by atoms with van der Waals surface area (Å²) in [6.07, 6.45) is 1.69. The second-order valence-corrected chi connectivity index (χ2v) is 3.23. The average Bonchev–Trinajstić information content (AvgIpc) is 2.11. The number of hydrogen-bond acceptors (Lipinski definition) is 1. The summed E-state index contributed by atoms with van der Waals surface area (Å²) >= 11 is 11.8. The van der Waals surface area contributed by atoms with Crippen molar-refractivity contribution in [2.24, 2.45) is 0 Å². The molecule has 1 rings (SSSR count). The molecule has 3 heteroatoms. The van der Waals surface area contributed by atoms with Crippen LogP contribution in [0.25, 0.3) is 5.57 Å². The van der Waals surface area contributed by atoms with Crippen molar-refractivity contribution in [3.8, 4) is 6.07 Å². The summed E-state index contributed by atoms with van der Waals surface area (Å²) in [4.78, 5) is 0. The minimum absolute atomic E-state index is 0.496. The van der Waals surface area contributed by atoms with Gasteiger partial charge in [-0.25, -0.2) is 0 Å². The fourth-order valence-corrected chi connectivity index (χ4v) is 1.62. The maximum absolute atomic E-state index is 8.79. The maximum Gasteiger partial charge on any atom is 0.0995 e. The second-order valence-electron chi connectivity index (χ2n) is 2.41. The zero-order valence-electron chi connectivity index (χ0n) is 7.01. The highest BCUT2D eigenvalue weighted by molar-refractivity contribution is 6.37. The van der Waals surface area contributed by atoms with Crippen molar-refractivity contribution >= 4 is 28.8 Å². The Bertz CT molecular complexity index is 368. The van der Waals surface area contributed by atoms with E-state index in [9.17, 15) is 0 Å². The topological polar surface area (TPSA) is 23.8 Å². The van der Waals surface area contributed by atoms with Gasteiger partial charge in [-0.15, -0.1) is 0 Å². The zero-order valence-corrected chi connectivity index (χ0v) is 8.52. The van der Waals surface area contributed by atoms with Crippen LogP contribution in [-0.4, -0.2) is 0 Å². The van der Waals surface area contributed by atoms with Crippen LogP contribution in [0.1, 0.15) is 12.5 Å². The predicted molar refractivity (Wildman–Crippen MR) is 55.7 cm³/mol. The van der Waals surface area contributed by atoms with E-state index in [1.807, 2.05) is 6.07 Å². The normalized spacial score (nSPS) is 11.1. The molecule has 0 bridgehead atoms. The molecule has 0 heterocycles. The van der Waals surface area contributed by atoms with Gasteiger partial charge in [-0.2, -0.15) is 5.26 Å². The molecule has 0 aliphatic carbocycles. The highest BCUT2D eigenvalue weighted by Gasteiger charge is 2.08.